The summed E-state index contributed by atoms with van der Waals surface area (Å²) < 4.78 is 1.18. The highest BCUT2D eigenvalue weighted by Crippen LogP contribution is 2.40. The molecule has 2 saturated carbocycles. The molecule has 2 heteroatoms. The summed E-state index contributed by atoms with van der Waals surface area (Å²) in [7, 11) is 0. The molecule has 0 saturated heterocycles. The fourth-order valence-electron chi connectivity index (χ4n) is 4.41. The predicted octanol–water partition coefficient (Wildman–Crippen LogP) is 6.31. The van der Waals surface area contributed by atoms with Crippen molar-refractivity contribution in [2.75, 3.05) is 5.32 Å². The highest BCUT2D eigenvalue weighted by atomic mass is 79.9. The van der Waals surface area contributed by atoms with Crippen LogP contribution in [0.3, 0.4) is 0 Å². The first-order chi connectivity index (χ1) is 10.2. The van der Waals surface area contributed by atoms with Gasteiger partial charge in [-0.15, -0.1) is 0 Å². The molecule has 2 unspecified atom stereocenters. The maximum atomic E-state index is 3.91. The molecule has 1 N–H and O–H groups in total. The van der Waals surface area contributed by atoms with Crippen LogP contribution in [0.2, 0.25) is 0 Å². The van der Waals surface area contributed by atoms with Gasteiger partial charge in [0.25, 0.3) is 0 Å². The van der Waals surface area contributed by atoms with E-state index in [1.54, 1.807) is 0 Å². The van der Waals surface area contributed by atoms with Crippen LogP contribution in [-0.4, -0.2) is 6.04 Å². The summed E-state index contributed by atoms with van der Waals surface area (Å²) in [5.41, 5.74) is 2.70. The van der Waals surface area contributed by atoms with Crippen molar-refractivity contribution in [2.24, 2.45) is 11.8 Å². The summed E-state index contributed by atoms with van der Waals surface area (Å²) >= 11 is 3.61. The fourth-order valence-corrected chi connectivity index (χ4v) is 4.78. The third kappa shape index (κ3) is 3.83. The van der Waals surface area contributed by atoms with E-state index in [2.05, 4.69) is 46.4 Å². The van der Waals surface area contributed by atoms with Crippen LogP contribution < -0.4 is 5.32 Å². The maximum Gasteiger partial charge on any atom is 0.0383 e. The number of halogens is 1. The smallest absolute Gasteiger partial charge is 0.0383 e. The molecule has 1 aromatic carbocycles. The quantitative estimate of drug-likeness (QED) is 0.674. The number of rotatable bonds is 3. The topological polar surface area (TPSA) is 12.0 Å². The molecule has 0 aliphatic heterocycles. The number of benzene rings is 1. The van der Waals surface area contributed by atoms with Crippen LogP contribution in [0.1, 0.15) is 63.4 Å². The second-order valence-corrected chi connectivity index (χ2v) is 7.97. The minimum Gasteiger partial charge on any atom is -0.382 e. The molecule has 116 valence electrons. The van der Waals surface area contributed by atoms with Gasteiger partial charge in [0.2, 0.25) is 0 Å². The van der Waals surface area contributed by atoms with E-state index in [0.717, 1.165) is 11.8 Å². The van der Waals surface area contributed by atoms with E-state index in [0.29, 0.717) is 6.04 Å². The lowest BCUT2D eigenvalue weighted by molar-refractivity contribution is 0.180. The zero-order valence-corrected chi connectivity index (χ0v) is 14.8. The average molecular weight is 350 g/mol. The zero-order chi connectivity index (χ0) is 14.7. The van der Waals surface area contributed by atoms with E-state index in [4.69, 9.17) is 0 Å². The lowest BCUT2D eigenvalue weighted by Crippen LogP contribution is -2.37. The summed E-state index contributed by atoms with van der Waals surface area (Å²) in [4.78, 5) is 0. The molecule has 1 nitrogen and oxygen atoms in total. The van der Waals surface area contributed by atoms with Gasteiger partial charge in [0, 0.05) is 16.2 Å². The molecule has 2 atom stereocenters. The van der Waals surface area contributed by atoms with E-state index in [1.807, 2.05) is 0 Å². The molecular formula is C19H28BrN. The molecule has 3 rings (SSSR count). The van der Waals surface area contributed by atoms with Crippen LogP contribution in [0.25, 0.3) is 0 Å². The van der Waals surface area contributed by atoms with E-state index in [-0.39, 0.29) is 0 Å². The third-order valence-electron chi connectivity index (χ3n) is 5.62. The van der Waals surface area contributed by atoms with Crippen molar-refractivity contribution in [2.45, 2.75) is 70.8 Å². The summed E-state index contributed by atoms with van der Waals surface area (Å²) in [6.07, 6.45) is 13.0. The Hall–Kier alpha value is -0.500. The second-order valence-electron chi connectivity index (χ2n) is 7.06. The minimum absolute atomic E-state index is 0.690. The summed E-state index contributed by atoms with van der Waals surface area (Å²) in [6.45, 7) is 2.22. The van der Waals surface area contributed by atoms with Gasteiger partial charge in [-0.25, -0.2) is 0 Å². The van der Waals surface area contributed by atoms with E-state index in [9.17, 15) is 0 Å². The van der Waals surface area contributed by atoms with Gasteiger partial charge >= 0.3 is 0 Å². The monoisotopic (exact) mass is 349 g/mol. The molecule has 0 bridgehead atoms. The Morgan fingerprint density at radius 3 is 2.48 bits per heavy atom. The maximum absolute atomic E-state index is 3.91. The van der Waals surface area contributed by atoms with Gasteiger partial charge in [0.15, 0.2) is 0 Å². The van der Waals surface area contributed by atoms with Crippen molar-refractivity contribution in [1.29, 1.82) is 0 Å². The standard InChI is InChI=1S/C19H28BrN/c1-14-11-12-16(20)13-19(14)21-18-10-6-5-9-17(18)15-7-3-2-4-8-15/h11-13,15,17-18,21H,2-10H2,1H3. The first-order valence-electron chi connectivity index (χ1n) is 8.77. The molecule has 0 radical (unpaired) electrons. The van der Waals surface area contributed by atoms with Gasteiger partial charge in [-0.05, 0) is 49.3 Å². The Morgan fingerprint density at radius 2 is 1.67 bits per heavy atom. The molecule has 2 aliphatic rings. The van der Waals surface area contributed by atoms with Crippen molar-refractivity contribution in [3.63, 3.8) is 0 Å². The molecular weight excluding hydrogens is 322 g/mol. The number of hydrogen-bond acceptors (Lipinski definition) is 1. The van der Waals surface area contributed by atoms with Gasteiger partial charge in [-0.1, -0.05) is 66.9 Å². The van der Waals surface area contributed by atoms with Crippen molar-refractivity contribution >= 4 is 21.6 Å². The van der Waals surface area contributed by atoms with Crippen LogP contribution in [0.4, 0.5) is 5.69 Å². The first kappa shape index (κ1) is 15.4. The molecule has 0 aromatic heterocycles. The van der Waals surface area contributed by atoms with Crippen molar-refractivity contribution < 1.29 is 0 Å². The van der Waals surface area contributed by atoms with Crippen molar-refractivity contribution in [3.05, 3.63) is 28.2 Å². The number of hydrogen-bond donors (Lipinski definition) is 1. The first-order valence-corrected chi connectivity index (χ1v) is 9.56. The second kappa shape index (κ2) is 7.17. The lowest BCUT2D eigenvalue weighted by Gasteiger charge is -2.40. The number of aryl methyl sites for hydroxylation is 1. The molecule has 0 amide bonds. The summed E-state index contributed by atoms with van der Waals surface area (Å²) in [5, 5.41) is 3.91. The zero-order valence-electron chi connectivity index (χ0n) is 13.2. The molecule has 1 aromatic rings. The summed E-state index contributed by atoms with van der Waals surface area (Å²) in [6, 6.07) is 7.29. The molecule has 0 heterocycles. The largest absolute Gasteiger partial charge is 0.382 e. The van der Waals surface area contributed by atoms with E-state index >= 15 is 0 Å². The van der Waals surface area contributed by atoms with E-state index < -0.39 is 0 Å². The molecule has 2 aliphatic carbocycles. The fraction of sp³-hybridized carbons (Fsp3) is 0.684. The summed E-state index contributed by atoms with van der Waals surface area (Å²) in [5.74, 6) is 1.88. The Balaban J connectivity index is 1.73. The normalized spacial score (nSPS) is 27.5. The van der Waals surface area contributed by atoms with Crippen LogP contribution >= 0.6 is 15.9 Å². The highest BCUT2D eigenvalue weighted by Gasteiger charge is 2.32. The Kier molecular flexibility index (Phi) is 5.26. The lowest BCUT2D eigenvalue weighted by atomic mass is 9.71. The van der Waals surface area contributed by atoms with Crippen LogP contribution in [0.15, 0.2) is 22.7 Å². The van der Waals surface area contributed by atoms with Gasteiger partial charge in [0.05, 0.1) is 0 Å². The predicted molar refractivity (Wildman–Crippen MR) is 94.8 cm³/mol. The van der Waals surface area contributed by atoms with Crippen molar-refractivity contribution in [3.8, 4) is 0 Å². The Morgan fingerprint density at radius 1 is 0.952 bits per heavy atom. The molecule has 0 spiro atoms. The minimum atomic E-state index is 0.690. The molecule has 21 heavy (non-hydrogen) atoms. The van der Waals surface area contributed by atoms with Crippen LogP contribution in [0, 0.1) is 18.8 Å². The number of anilines is 1. The van der Waals surface area contributed by atoms with Gasteiger partial charge in [-0.2, -0.15) is 0 Å². The van der Waals surface area contributed by atoms with Gasteiger partial charge < -0.3 is 5.32 Å². The van der Waals surface area contributed by atoms with Gasteiger partial charge in [0.1, 0.15) is 0 Å². The highest BCUT2D eigenvalue weighted by molar-refractivity contribution is 9.10. The van der Waals surface area contributed by atoms with Gasteiger partial charge in [-0.3, -0.25) is 0 Å². The van der Waals surface area contributed by atoms with Crippen LogP contribution in [-0.2, 0) is 0 Å². The Bertz CT molecular complexity index is 465. The van der Waals surface area contributed by atoms with Crippen LogP contribution in [0.5, 0.6) is 0 Å². The molecule has 2 fully saturated rings. The third-order valence-corrected chi connectivity index (χ3v) is 6.11. The Labute approximate surface area is 138 Å². The average Bonchev–Trinajstić information content (AvgIpc) is 2.52. The number of nitrogens with one attached hydrogen (secondary N) is 1. The van der Waals surface area contributed by atoms with E-state index in [1.165, 1.54) is 73.5 Å². The van der Waals surface area contributed by atoms with Crippen molar-refractivity contribution in [1.82, 2.24) is 0 Å². The SMILES string of the molecule is Cc1ccc(Br)cc1NC1CCCCC1C1CCCCC1.